The van der Waals surface area contributed by atoms with E-state index in [2.05, 4.69) is 0 Å². The van der Waals surface area contributed by atoms with Crippen LogP contribution in [0.1, 0.15) is 22.7 Å². The van der Waals surface area contributed by atoms with E-state index >= 15 is 0 Å². The van der Waals surface area contributed by atoms with Crippen molar-refractivity contribution < 1.29 is 13.5 Å². The van der Waals surface area contributed by atoms with Crippen LogP contribution < -0.4 is 10.5 Å². The second-order valence-electron chi connectivity index (χ2n) is 4.59. The van der Waals surface area contributed by atoms with Crippen LogP contribution in [-0.4, -0.2) is 6.61 Å². The molecule has 0 fully saturated rings. The van der Waals surface area contributed by atoms with Crippen LogP contribution in [0.2, 0.25) is 0 Å². The van der Waals surface area contributed by atoms with E-state index in [9.17, 15) is 8.78 Å². The quantitative estimate of drug-likeness (QED) is 0.902. The minimum atomic E-state index is -0.883. The molecule has 19 heavy (non-hydrogen) atoms. The molecular formula is C15H13F2NO. The third kappa shape index (κ3) is 2.08. The standard InChI is InChI=1S/C15H13F2NO/c16-12-3-1-2-11(14(12)17)15(18)10-4-5-13-9(8-10)6-7-19-13/h1-5,8,15H,6-7,18H2. The Hall–Kier alpha value is -1.94. The highest BCUT2D eigenvalue weighted by Gasteiger charge is 2.19. The van der Waals surface area contributed by atoms with E-state index in [-0.39, 0.29) is 5.56 Å². The lowest BCUT2D eigenvalue weighted by Gasteiger charge is -2.14. The third-order valence-electron chi connectivity index (χ3n) is 3.39. The lowest BCUT2D eigenvalue weighted by Crippen LogP contribution is -2.14. The Morgan fingerprint density at radius 1 is 1.16 bits per heavy atom. The zero-order valence-electron chi connectivity index (χ0n) is 10.2. The number of benzene rings is 2. The van der Waals surface area contributed by atoms with E-state index in [1.165, 1.54) is 12.1 Å². The van der Waals surface area contributed by atoms with Crippen LogP contribution in [0.25, 0.3) is 0 Å². The molecular weight excluding hydrogens is 248 g/mol. The zero-order chi connectivity index (χ0) is 13.4. The second-order valence-corrected chi connectivity index (χ2v) is 4.59. The van der Waals surface area contributed by atoms with Gasteiger partial charge in [-0.2, -0.15) is 0 Å². The van der Waals surface area contributed by atoms with Crippen molar-refractivity contribution in [3.8, 4) is 5.75 Å². The Kier molecular flexibility index (Phi) is 2.95. The first-order valence-electron chi connectivity index (χ1n) is 6.12. The summed E-state index contributed by atoms with van der Waals surface area (Å²) in [7, 11) is 0. The van der Waals surface area contributed by atoms with Gasteiger partial charge in [-0.25, -0.2) is 8.78 Å². The van der Waals surface area contributed by atoms with Gasteiger partial charge in [0, 0.05) is 12.0 Å². The maximum absolute atomic E-state index is 13.7. The number of hydrogen-bond donors (Lipinski definition) is 1. The van der Waals surface area contributed by atoms with Crippen LogP contribution in [-0.2, 0) is 6.42 Å². The van der Waals surface area contributed by atoms with Crippen molar-refractivity contribution in [1.82, 2.24) is 0 Å². The largest absolute Gasteiger partial charge is 0.493 e. The number of nitrogens with two attached hydrogens (primary N) is 1. The van der Waals surface area contributed by atoms with E-state index in [0.717, 1.165) is 29.4 Å². The van der Waals surface area contributed by atoms with Crippen LogP contribution in [0.3, 0.4) is 0 Å². The summed E-state index contributed by atoms with van der Waals surface area (Å²) in [6.45, 7) is 0.655. The molecule has 2 N–H and O–H groups in total. The van der Waals surface area contributed by atoms with Crippen molar-refractivity contribution in [3.63, 3.8) is 0 Å². The topological polar surface area (TPSA) is 35.2 Å². The average molecular weight is 261 g/mol. The smallest absolute Gasteiger partial charge is 0.163 e. The van der Waals surface area contributed by atoms with Gasteiger partial charge in [-0.1, -0.05) is 24.3 Å². The van der Waals surface area contributed by atoms with E-state index in [1.54, 1.807) is 6.07 Å². The van der Waals surface area contributed by atoms with Crippen molar-refractivity contribution in [2.75, 3.05) is 6.61 Å². The van der Waals surface area contributed by atoms with Crippen molar-refractivity contribution in [2.24, 2.45) is 5.73 Å². The number of hydrogen-bond acceptors (Lipinski definition) is 2. The lowest BCUT2D eigenvalue weighted by atomic mass is 9.97. The zero-order valence-corrected chi connectivity index (χ0v) is 10.2. The van der Waals surface area contributed by atoms with Crippen molar-refractivity contribution >= 4 is 0 Å². The molecule has 1 aliphatic heterocycles. The summed E-state index contributed by atoms with van der Waals surface area (Å²) >= 11 is 0. The van der Waals surface area contributed by atoms with Gasteiger partial charge in [-0.05, 0) is 23.3 Å². The summed E-state index contributed by atoms with van der Waals surface area (Å²) in [5.74, 6) is -0.917. The number of ether oxygens (including phenoxy) is 1. The van der Waals surface area contributed by atoms with Crippen LogP contribution >= 0.6 is 0 Å². The van der Waals surface area contributed by atoms with Gasteiger partial charge in [0.25, 0.3) is 0 Å². The molecule has 2 aromatic rings. The third-order valence-corrected chi connectivity index (χ3v) is 3.39. The molecule has 3 rings (SSSR count). The minimum absolute atomic E-state index is 0.166. The molecule has 1 aliphatic rings. The first-order valence-corrected chi connectivity index (χ1v) is 6.12. The number of rotatable bonds is 2. The number of fused-ring (bicyclic) bond motifs is 1. The molecule has 0 radical (unpaired) electrons. The van der Waals surface area contributed by atoms with Gasteiger partial charge in [0.2, 0.25) is 0 Å². The molecule has 0 aromatic heterocycles. The van der Waals surface area contributed by atoms with Crippen molar-refractivity contribution in [3.05, 3.63) is 64.7 Å². The predicted octanol–water partition coefficient (Wildman–Crippen LogP) is 2.95. The van der Waals surface area contributed by atoms with Crippen LogP contribution in [0.5, 0.6) is 5.75 Å². The van der Waals surface area contributed by atoms with Crippen LogP contribution in [0.4, 0.5) is 8.78 Å². The Labute approximate surface area is 109 Å². The minimum Gasteiger partial charge on any atom is -0.493 e. The summed E-state index contributed by atoms with van der Waals surface area (Å²) in [5.41, 5.74) is 8.02. The fraction of sp³-hybridized carbons (Fsp3) is 0.200. The van der Waals surface area contributed by atoms with E-state index < -0.39 is 17.7 Å². The second kappa shape index (κ2) is 4.63. The summed E-state index contributed by atoms with van der Waals surface area (Å²) in [5, 5.41) is 0. The summed E-state index contributed by atoms with van der Waals surface area (Å²) in [4.78, 5) is 0. The molecule has 0 spiro atoms. The molecule has 2 nitrogen and oxygen atoms in total. The molecule has 0 bridgehead atoms. The summed E-state index contributed by atoms with van der Waals surface area (Å²) < 4.78 is 32.4. The highest BCUT2D eigenvalue weighted by molar-refractivity contribution is 5.43. The fourth-order valence-corrected chi connectivity index (χ4v) is 2.34. The molecule has 98 valence electrons. The van der Waals surface area contributed by atoms with Crippen molar-refractivity contribution in [1.29, 1.82) is 0 Å². The average Bonchev–Trinajstić information content (AvgIpc) is 2.88. The fourth-order valence-electron chi connectivity index (χ4n) is 2.34. The van der Waals surface area contributed by atoms with Gasteiger partial charge in [-0.3, -0.25) is 0 Å². The van der Waals surface area contributed by atoms with E-state index in [0.29, 0.717) is 6.61 Å². The SMILES string of the molecule is NC(c1ccc2c(c1)CCO2)c1cccc(F)c1F. The monoisotopic (exact) mass is 261 g/mol. The maximum Gasteiger partial charge on any atom is 0.163 e. The Morgan fingerprint density at radius 2 is 2.00 bits per heavy atom. The molecule has 1 unspecified atom stereocenters. The van der Waals surface area contributed by atoms with Gasteiger partial charge in [-0.15, -0.1) is 0 Å². The highest BCUT2D eigenvalue weighted by Crippen LogP contribution is 2.30. The number of halogens is 2. The van der Waals surface area contributed by atoms with Crippen molar-refractivity contribution in [2.45, 2.75) is 12.5 Å². The van der Waals surface area contributed by atoms with Gasteiger partial charge in [0.15, 0.2) is 11.6 Å². The van der Waals surface area contributed by atoms with E-state index in [1.807, 2.05) is 12.1 Å². The normalized spacial score (nSPS) is 14.9. The lowest BCUT2D eigenvalue weighted by molar-refractivity contribution is 0.357. The van der Waals surface area contributed by atoms with Gasteiger partial charge in [0.1, 0.15) is 5.75 Å². The molecule has 0 saturated carbocycles. The van der Waals surface area contributed by atoms with Gasteiger partial charge >= 0.3 is 0 Å². The molecule has 0 aliphatic carbocycles. The molecule has 0 amide bonds. The summed E-state index contributed by atoms with van der Waals surface area (Å²) in [6.07, 6.45) is 0.821. The molecule has 2 aromatic carbocycles. The Morgan fingerprint density at radius 3 is 2.84 bits per heavy atom. The van der Waals surface area contributed by atoms with Crippen LogP contribution in [0, 0.1) is 11.6 Å². The molecule has 1 heterocycles. The summed E-state index contributed by atoms with van der Waals surface area (Å²) in [6, 6.07) is 8.89. The van der Waals surface area contributed by atoms with Gasteiger partial charge < -0.3 is 10.5 Å². The molecule has 4 heteroatoms. The first kappa shape index (κ1) is 12.1. The first-order chi connectivity index (χ1) is 9.16. The Balaban J connectivity index is 2.00. The van der Waals surface area contributed by atoms with Gasteiger partial charge in [0.05, 0.1) is 12.6 Å². The highest BCUT2D eigenvalue weighted by atomic mass is 19.2. The maximum atomic E-state index is 13.7. The van der Waals surface area contributed by atoms with Crippen LogP contribution in [0.15, 0.2) is 36.4 Å². The molecule has 0 saturated heterocycles. The van der Waals surface area contributed by atoms with E-state index in [4.69, 9.17) is 10.5 Å². The Bertz CT molecular complexity index is 628. The predicted molar refractivity (Wildman–Crippen MR) is 68.0 cm³/mol. The molecule has 1 atom stereocenters.